The first-order valence-corrected chi connectivity index (χ1v) is 5.39. The van der Waals surface area contributed by atoms with Gasteiger partial charge in [0.2, 0.25) is 5.91 Å². The normalized spacial score (nSPS) is 24.3. The van der Waals surface area contributed by atoms with Crippen LogP contribution in [-0.4, -0.2) is 23.0 Å². The van der Waals surface area contributed by atoms with Crippen LogP contribution in [0.4, 0.5) is 0 Å². The number of carboxylic acids is 1. The van der Waals surface area contributed by atoms with Gasteiger partial charge in [0, 0.05) is 12.0 Å². The molecule has 2 N–H and O–H groups in total. The van der Waals surface area contributed by atoms with E-state index in [9.17, 15) is 9.59 Å². The summed E-state index contributed by atoms with van der Waals surface area (Å²) in [6.45, 7) is 5.98. The zero-order valence-electron chi connectivity index (χ0n) is 9.54. The van der Waals surface area contributed by atoms with Gasteiger partial charge in [0.1, 0.15) is 0 Å². The van der Waals surface area contributed by atoms with E-state index in [0.717, 1.165) is 6.42 Å². The molecule has 0 aromatic heterocycles. The molecule has 1 saturated carbocycles. The lowest BCUT2D eigenvalue weighted by Crippen LogP contribution is -2.37. The summed E-state index contributed by atoms with van der Waals surface area (Å²) in [6.07, 6.45) is 1.57. The van der Waals surface area contributed by atoms with E-state index >= 15 is 0 Å². The number of hydrogen-bond acceptors (Lipinski definition) is 2. The van der Waals surface area contributed by atoms with E-state index in [4.69, 9.17) is 5.11 Å². The van der Waals surface area contributed by atoms with E-state index in [1.807, 2.05) is 6.92 Å². The molecule has 2 unspecified atom stereocenters. The molecule has 0 radical (unpaired) electrons. The van der Waals surface area contributed by atoms with Crippen LogP contribution in [0.25, 0.3) is 0 Å². The van der Waals surface area contributed by atoms with Crippen molar-refractivity contribution in [1.82, 2.24) is 5.32 Å². The predicted molar refractivity (Wildman–Crippen MR) is 56.4 cm³/mol. The van der Waals surface area contributed by atoms with E-state index in [2.05, 4.69) is 19.2 Å². The molecule has 0 bridgehead atoms. The molecule has 1 aliphatic carbocycles. The predicted octanol–water partition coefficient (Wildman–Crippen LogP) is 1.40. The second kappa shape index (κ2) is 4.21. The highest BCUT2D eigenvalue weighted by Crippen LogP contribution is 2.51. The zero-order valence-corrected chi connectivity index (χ0v) is 9.54. The molecule has 1 amide bonds. The first kappa shape index (κ1) is 12.0. The topological polar surface area (TPSA) is 66.4 Å². The molecule has 0 heterocycles. The molecule has 15 heavy (non-hydrogen) atoms. The Labute approximate surface area is 90.0 Å². The second-order valence-corrected chi connectivity index (χ2v) is 4.96. The van der Waals surface area contributed by atoms with Crippen molar-refractivity contribution in [3.8, 4) is 0 Å². The molecule has 2 atom stereocenters. The first-order valence-electron chi connectivity index (χ1n) is 5.39. The molecule has 86 valence electrons. The number of nitrogens with one attached hydrogen (secondary N) is 1. The maximum absolute atomic E-state index is 11.7. The van der Waals surface area contributed by atoms with Gasteiger partial charge in [-0.3, -0.25) is 9.59 Å². The molecule has 1 rings (SSSR count). The summed E-state index contributed by atoms with van der Waals surface area (Å²) in [6, 6.07) is -0.230. The summed E-state index contributed by atoms with van der Waals surface area (Å²) in [4.78, 5) is 22.2. The lowest BCUT2D eigenvalue weighted by Gasteiger charge is -2.15. The Morgan fingerprint density at radius 2 is 2.07 bits per heavy atom. The van der Waals surface area contributed by atoms with Gasteiger partial charge in [-0.25, -0.2) is 0 Å². The van der Waals surface area contributed by atoms with E-state index in [-0.39, 0.29) is 29.7 Å². The Morgan fingerprint density at radius 1 is 1.53 bits per heavy atom. The Kier molecular flexibility index (Phi) is 3.37. The molecule has 0 aliphatic heterocycles. The van der Waals surface area contributed by atoms with Crippen molar-refractivity contribution in [3.63, 3.8) is 0 Å². The summed E-state index contributed by atoms with van der Waals surface area (Å²) in [7, 11) is 0. The van der Waals surface area contributed by atoms with Gasteiger partial charge in [0.25, 0.3) is 0 Å². The van der Waals surface area contributed by atoms with Gasteiger partial charge >= 0.3 is 5.97 Å². The standard InChI is InChI=1S/C11H19NO3/c1-4-7(5-9(13)14)12-10(15)8-6-11(8,2)3/h7-8H,4-6H2,1-3H3,(H,12,15)(H,13,14). The van der Waals surface area contributed by atoms with Crippen LogP contribution in [0.15, 0.2) is 0 Å². The summed E-state index contributed by atoms with van der Waals surface area (Å²) < 4.78 is 0. The molecular formula is C11H19NO3. The largest absolute Gasteiger partial charge is 0.481 e. The number of carbonyl (C=O) groups is 2. The fourth-order valence-corrected chi connectivity index (χ4v) is 1.72. The van der Waals surface area contributed by atoms with E-state index in [0.29, 0.717) is 6.42 Å². The average Bonchev–Trinajstić information content (AvgIpc) is 2.73. The number of hydrogen-bond donors (Lipinski definition) is 2. The Balaban J connectivity index is 2.39. The highest BCUT2D eigenvalue weighted by Gasteiger charge is 2.50. The van der Waals surface area contributed by atoms with E-state index < -0.39 is 5.97 Å². The zero-order chi connectivity index (χ0) is 11.6. The molecule has 0 aromatic carbocycles. The van der Waals surface area contributed by atoms with Gasteiger partial charge in [-0.15, -0.1) is 0 Å². The van der Waals surface area contributed by atoms with Gasteiger partial charge in [-0.1, -0.05) is 20.8 Å². The van der Waals surface area contributed by atoms with Crippen LogP contribution in [-0.2, 0) is 9.59 Å². The van der Waals surface area contributed by atoms with Crippen molar-refractivity contribution < 1.29 is 14.7 Å². The number of aliphatic carboxylic acids is 1. The van der Waals surface area contributed by atoms with Crippen molar-refractivity contribution in [1.29, 1.82) is 0 Å². The Morgan fingerprint density at radius 3 is 2.40 bits per heavy atom. The lowest BCUT2D eigenvalue weighted by molar-refractivity contribution is -0.137. The lowest BCUT2D eigenvalue weighted by atomic mass is 10.1. The highest BCUT2D eigenvalue weighted by atomic mass is 16.4. The van der Waals surface area contributed by atoms with Crippen molar-refractivity contribution >= 4 is 11.9 Å². The van der Waals surface area contributed by atoms with E-state index in [1.54, 1.807) is 0 Å². The maximum atomic E-state index is 11.7. The third-order valence-electron chi connectivity index (χ3n) is 3.09. The maximum Gasteiger partial charge on any atom is 0.305 e. The monoisotopic (exact) mass is 213 g/mol. The van der Waals surface area contributed by atoms with E-state index in [1.165, 1.54) is 0 Å². The molecule has 0 saturated heterocycles. The van der Waals surface area contributed by atoms with Crippen molar-refractivity contribution in [2.45, 2.75) is 46.1 Å². The van der Waals surface area contributed by atoms with Crippen molar-refractivity contribution in [2.75, 3.05) is 0 Å². The van der Waals surface area contributed by atoms with Gasteiger partial charge < -0.3 is 10.4 Å². The van der Waals surface area contributed by atoms with Gasteiger partial charge in [0.05, 0.1) is 6.42 Å². The smallest absolute Gasteiger partial charge is 0.305 e. The van der Waals surface area contributed by atoms with Crippen LogP contribution < -0.4 is 5.32 Å². The fourth-order valence-electron chi connectivity index (χ4n) is 1.72. The summed E-state index contributed by atoms with van der Waals surface area (Å²) in [5, 5.41) is 11.4. The van der Waals surface area contributed by atoms with Crippen LogP contribution in [0, 0.1) is 11.3 Å². The summed E-state index contributed by atoms with van der Waals surface area (Å²) in [5.41, 5.74) is 0.103. The number of rotatable bonds is 5. The Bertz CT molecular complexity index is 273. The van der Waals surface area contributed by atoms with Gasteiger partial charge in [-0.05, 0) is 18.3 Å². The SMILES string of the molecule is CCC(CC(=O)O)NC(=O)C1CC1(C)C. The third-order valence-corrected chi connectivity index (χ3v) is 3.09. The quantitative estimate of drug-likeness (QED) is 0.725. The van der Waals surface area contributed by atoms with Crippen LogP contribution in [0.5, 0.6) is 0 Å². The summed E-state index contributed by atoms with van der Waals surface area (Å²) in [5.74, 6) is -0.786. The molecule has 0 aromatic rings. The Hall–Kier alpha value is -1.06. The van der Waals surface area contributed by atoms with Gasteiger partial charge in [0.15, 0.2) is 0 Å². The minimum Gasteiger partial charge on any atom is -0.481 e. The molecular weight excluding hydrogens is 194 g/mol. The van der Waals surface area contributed by atoms with Crippen LogP contribution in [0.2, 0.25) is 0 Å². The number of carbonyl (C=O) groups excluding carboxylic acids is 1. The molecule has 4 heteroatoms. The van der Waals surface area contributed by atoms with Crippen LogP contribution in [0.1, 0.15) is 40.0 Å². The average molecular weight is 213 g/mol. The third kappa shape index (κ3) is 3.22. The minimum atomic E-state index is -0.864. The van der Waals surface area contributed by atoms with Crippen molar-refractivity contribution in [3.05, 3.63) is 0 Å². The molecule has 4 nitrogen and oxygen atoms in total. The summed E-state index contributed by atoms with van der Waals surface area (Å²) >= 11 is 0. The van der Waals surface area contributed by atoms with Crippen LogP contribution >= 0.6 is 0 Å². The van der Waals surface area contributed by atoms with Gasteiger partial charge in [-0.2, -0.15) is 0 Å². The highest BCUT2D eigenvalue weighted by molar-refractivity contribution is 5.83. The first-order chi connectivity index (χ1) is 6.86. The minimum absolute atomic E-state index is 0.00750. The van der Waals surface area contributed by atoms with Crippen LogP contribution in [0.3, 0.4) is 0 Å². The molecule has 1 aliphatic rings. The molecule has 0 spiro atoms. The molecule has 1 fully saturated rings. The van der Waals surface area contributed by atoms with Crippen molar-refractivity contribution in [2.24, 2.45) is 11.3 Å². The second-order valence-electron chi connectivity index (χ2n) is 4.96. The number of amides is 1. The fraction of sp³-hybridized carbons (Fsp3) is 0.818. The number of carboxylic acid groups (broad SMARTS) is 1.